The first-order chi connectivity index (χ1) is 7.16. The SMILES string of the molecule is NC(=O)C1CCCN1Cc1cc(Br)cs1. The molecule has 2 rings (SSSR count). The molecule has 0 saturated carbocycles. The lowest BCUT2D eigenvalue weighted by Gasteiger charge is -2.20. The highest BCUT2D eigenvalue weighted by Crippen LogP contribution is 2.25. The van der Waals surface area contributed by atoms with Crippen molar-refractivity contribution >= 4 is 33.2 Å². The number of thiophene rings is 1. The van der Waals surface area contributed by atoms with Gasteiger partial charge in [0.25, 0.3) is 0 Å². The Morgan fingerprint density at radius 3 is 3.13 bits per heavy atom. The van der Waals surface area contributed by atoms with E-state index >= 15 is 0 Å². The molecule has 1 aromatic heterocycles. The Morgan fingerprint density at radius 2 is 2.53 bits per heavy atom. The molecule has 1 aliphatic rings. The number of hydrogen-bond donors (Lipinski definition) is 1. The molecule has 2 N–H and O–H groups in total. The molecule has 0 spiro atoms. The van der Waals surface area contributed by atoms with E-state index in [9.17, 15) is 4.79 Å². The van der Waals surface area contributed by atoms with Crippen molar-refractivity contribution < 1.29 is 4.79 Å². The summed E-state index contributed by atoms with van der Waals surface area (Å²) < 4.78 is 1.11. The molecule has 1 atom stereocenters. The van der Waals surface area contributed by atoms with E-state index in [0.29, 0.717) is 0 Å². The van der Waals surface area contributed by atoms with Gasteiger partial charge in [0, 0.05) is 21.3 Å². The normalized spacial score (nSPS) is 22.1. The number of hydrogen-bond acceptors (Lipinski definition) is 3. The van der Waals surface area contributed by atoms with Gasteiger partial charge < -0.3 is 5.73 Å². The van der Waals surface area contributed by atoms with Crippen LogP contribution in [0.15, 0.2) is 15.9 Å². The third kappa shape index (κ3) is 2.59. The van der Waals surface area contributed by atoms with Crippen molar-refractivity contribution in [2.24, 2.45) is 5.73 Å². The van der Waals surface area contributed by atoms with Gasteiger partial charge in [-0.1, -0.05) is 0 Å². The fourth-order valence-electron chi connectivity index (χ4n) is 1.97. The number of rotatable bonds is 3. The number of likely N-dealkylation sites (tertiary alicyclic amines) is 1. The van der Waals surface area contributed by atoms with Crippen LogP contribution < -0.4 is 5.73 Å². The van der Waals surface area contributed by atoms with Crippen LogP contribution in [0.3, 0.4) is 0 Å². The number of primary amides is 1. The molecule has 1 unspecified atom stereocenters. The highest BCUT2D eigenvalue weighted by molar-refractivity contribution is 9.10. The van der Waals surface area contributed by atoms with Crippen LogP contribution in [0.4, 0.5) is 0 Å². The van der Waals surface area contributed by atoms with E-state index in [-0.39, 0.29) is 11.9 Å². The first kappa shape index (κ1) is 11.1. The Labute approximate surface area is 101 Å². The van der Waals surface area contributed by atoms with Gasteiger partial charge in [-0.2, -0.15) is 0 Å². The molecular weight excluding hydrogens is 276 g/mol. The topological polar surface area (TPSA) is 46.3 Å². The predicted octanol–water partition coefficient (Wildman–Crippen LogP) is 1.96. The van der Waals surface area contributed by atoms with Crippen LogP contribution >= 0.6 is 27.3 Å². The smallest absolute Gasteiger partial charge is 0.234 e. The van der Waals surface area contributed by atoms with E-state index < -0.39 is 0 Å². The van der Waals surface area contributed by atoms with E-state index in [0.717, 1.165) is 30.4 Å². The molecule has 0 aromatic carbocycles. The molecule has 1 aromatic rings. The van der Waals surface area contributed by atoms with Crippen molar-refractivity contribution in [3.05, 3.63) is 20.8 Å². The third-order valence-electron chi connectivity index (χ3n) is 2.67. The van der Waals surface area contributed by atoms with Crippen LogP contribution in [-0.4, -0.2) is 23.4 Å². The van der Waals surface area contributed by atoms with Gasteiger partial charge in [0.1, 0.15) is 0 Å². The second-order valence-corrected chi connectivity index (χ2v) is 5.67. The average molecular weight is 289 g/mol. The van der Waals surface area contributed by atoms with Crippen molar-refractivity contribution in [1.82, 2.24) is 4.90 Å². The fraction of sp³-hybridized carbons (Fsp3) is 0.500. The van der Waals surface area contributed by atoms with Gasteiger partial charge in [0.15, 0.2) is 0 Å². The molecule has 1 saturated heterocycles. The van der Waals surface area contributed by atoms with E-state index in [1.165, 1.54) is 4.88 Å². The Hall–Kier alpha value is -0.390. The van der Waals surface area contributed by atoms with Gasteiger partial charge in [-0.15, -0.1) is 11.3 Å². The minimum Gasteiger partial charge on any atom is -0.368 e. The molecule has 1 aliphatic heterocycles. The van der Waals surface area contributed by atoms with Crippen molar-refractivity contribution in [3.8, 4) is 0 Å². The number of nitrogens with two attached hydrogens (primary N) is 1. The predicted molar refractivity (Wildman–Crippen MR) is 64.6 cm³/mol. The lowest BCUT2D eigenvalue weighted by Crippen LogP contribution is -2.39. The van der Waals surface area contributed by atoms with Gasteiger partial charge in [-0.25, -0.2) is 0 Å². The second kappa shape index (κ2) is 4.63. The van der Waals surface area contributed by atoms with Crippen LogP contribution in [-0.2, 0) is 11.3 Å². The first-order valence-corrected chi connectivity index (χ1v) is 6.60. The molecule has 15 heavy (non-hydrogen) atoms. The number of carbonyl (C=O) groups is 1. The molecule has 3 nitrogen and oxygen atoms in total. The second-order valence-electron chi connectivity index (χ2n) is 3.76. The van der Waals surface area contributed by atoms with E-state index in [1.54, 1.807) is 11.3 Å². The lowest BCUT2D eigenvalue weighted by molar-refractivity contribution is -0.122. The zero-order valence-corrected chi connectivity index (χ0v) is 10.7. The lowest BCUT2D eigenvalue weighted by atomic mass is 10.2. The van der Waals surface area contributed by atoms with Gasteiger partial charge >= 0.3 is 0 Å². The fourth-order valence-corrected chi connectivity index (χ4v) is 3.45. The Bertz CT molecular complexity index is 366. The zero-order valence-electron chi connectivity index (χ0n) is 8.28. The number of carbonyl (C=O) groups excluding carboxylic acids is 1. The van der Waals surface area contributed by atoms with Crippen molar-refractivity contribution in [2.75, 3.05) is 6.54 Å². The average Bonchev–Trinajstić information content (AvgIpc) is 2.75. The van der Waals surface area contributed by atoms with Crippen LogP contribution in [0.1, 0.15) is 17.7 Å². The zero-order chi connectivity index (χ0) is 10.8. The molecular formula is C10H13BrN2OS. The first-order valence-electron chi connectivity index (χ1n) is 4.93. The molecule has 2 heterocycles. The minimum atomic E-state index is -0.192. The van der Waals surface area contributed by atoms with Crippen molar-refractivity contribution in [3.63, 3.8) is 0 Å². The summed E-state index contributed by atoms with van der Waals surface area (Å²) >= 11 is 5.14. The Kier molecular flexibility index (Phi) is 3.43. The molecule has 0 aliphatic carbocycles. The maximum absolute atomic E-state index is 11.2. The highest BCUT2D eigenvalue weighted by Gasteiger charge is 2.28. The van der Waals surface area contributed by atoms with E-state index in [1.807, 2.05) is 0 Å². The summed E-state index contributed by atoms with van der Waals surface area (Å²) in [5, 5.41) is 2.06. The van der Waals surface area contributed by atoms with Crippen LogP contribution in [0.2, 0.25) is 0 Å². The Balaban J connectivity index is 2.02. The highest BCUT2D eigenvalue weighted by atomic mass is 79.9. The molecule has 82 valence electrons. The van der Waals surface area contributed by atoms with Crippen molar-refractivity contribution in [2.45, 2.75) is 25.4 Å². The summed E-state index contributed by atoms with van der Waals surface area (Å²) in [6, 6.07) is 2.03. The molecule has 0 bridgehead atoms. The molecule has 0 radical (unpaired) electrons. The summed E-state index contributed by atoms with van der Waals surface area (Å²) in [6.07, 6.45) is 1.97. The van der Waals surface area contributed by atoms with Crippen LogP contribution in [0.25, 0.3) is 0 Å². The largest absolute Gasteiger partial charge is 0.368 e. The van der Waals surface area contributed by atoms with Crippen LogP contribution in [0, 0.1) is 0 Å². The standard InChI is InChI=1S/C10H13BrN2OS/c11-7-4-8(15-6-7)5-13-3-1-2-9(13)10(12)14/h4,6,9H,1-3,5H2,(H2,12,14). The summed E-state index contributed by atoms with van der Waals surface area (Å²) in [5.41, 5.74) is 5.36. The number of halogens is 1. The van der Waals surface area contributed by atoms with Gasteiger partial charge in [0.05, 0.1) is 6.04 Å². The summed E-state index contributed by atoms with van der Waals surface area (Å²) in [7, 11) is 0. The van der Waals surface area contributed by atoms with Gasteiger partial charge in [-0.3, -0.25) is 9.69 Å². The minimum absolute atomic E-state index is 0.0640. The number of nitrogens with zero attached hydrogens (tertiary/aromatic N) is 1. The van der Waals surface area contributed by atoms with E-state index in [4.69, 9.17) is 5.73 Å². The maximum Gasteiger partial charge on any atom is 0.234 e. The Morgan fingerprint density at radius 1 is 1.73 bits per heavy atom. The van der Waals surface area contributed by atoms with Crippen molar-refractivity contribution in [1.29, 1.82) is 0 Å². The summed E-state index contributed by atoms with van der Waals surface area (Å²) in [6.45, 7) is 1.81. The molecule has 5 heteroatoms. The van der Waals surface area contributed by atoms with E-state index in [2.05, 4.69) is 32.3 Å². The summed E-state index contributed by atoms with van der Waals surface area (Å²) in [5.74, 6) is -0.192. The van der Waals surface area contributed by atoms with Crippen LogP contribution in [0.5, 0.6) is 0 Å². The third-order valence-corrected chi connectivity index (χ3v) is 4.36. The monoisotopic (exact) mass is 288 g/mol. The quantitative estimate of drug-likeness (QED) is 0.924. The molecule has 1 amide bonds. The van der Waals surface area contributed by atoms with Gasteiger partial charge in [0.2, 0.25) is 5.91 Å². The molecule has 1 fully saturated rings. The number of amides is 1. The van der Waals surface area contributed by atoms with Gasteiger partial charge in [-0.05, 0) is 41.4 Å². The summed E-state index contributed by atoms with van der Waals surface area (Å²) in [4.78, 5) is 14.6. The maximum atomic E-state index is 11.2.